The average molecular weight is 362 g/mol. The molecule has 132 valence electrons. The first-order valence-electron chi connectivity index (χ1n) is 7.99. The van der Waals surface area contributed by atoms with Crippen molar-refractivity contribution in [3.05, 3.63) is 54.1 Å². The van der Waals surface area contributed by atoms with Gasteiger partial charge in [0.15, 0.2) is 0 Å². The van der Waals surface area contributed by atoms with Crippen LogP contribution in [-0.4, -0.2) is 37.6 Å². The number of hydrogen-bond acceptors (Lipinski definition) is 4. The number of hydrogen-bond donors (Lipinski definition) is 0. The monoisotopic (exact) mass is 362 g/mol. The first-order valence-corrected chi connectivity index (χ1v) is 9.49. The molecule has 7 heteroatoms. The lowest BCUT2D eigenvalue weighted by atomic mass is 9.95. The van der Waals surface area contributed by atoms with Crippen molar-refractivity contribution in [1.29, 1.82) is 0 Å². The van der Waals surface area contributed by atoms with Gasteiger partial charge in [-0.3, -0.25) is 0 Å². The van der Waals surface area contributed by atoms with Crippen LogP contribution in [0.3, 0.4) is 0 Å². The first-order chi connectivity index (χ1) is 11.9. The van der Waals surface area contributed by atoms with E-state index in [0.717, 1.165) is 16.7 Å². The summed E-state index contributed by atoms with van der Waals surface area (Å²) in [5.41, 5.74) is 3.19. The van der Waals surface area contributed by atoms with Gasteiger partial charge >= 0.3 is 0 Å². The zero-order valence-electron chi connectivity index (χ0n) is 14.0. The molecule has 0 aliphatic carbocycles. The fraction of sp³-hybridized carbons (Fsp3) is 0.333. The fourth-order valence-electron chi connectivity index (χ4n) is 2.58. The number of sulfonamides is 1. The van der Waals surface area contributed by atoms with Gasteiger partial charge in [-0.1, -0.05) is 24.3 Å². The van der Waals surface area contributed by atoms with Crippen LogP contribution in [0.2, 0.25) is 0 Å². The minimum absolute atomic E-state index is 0.172. The maximum atomic E-state index is 12.9. The Morgan fingerprint density at radius 3 is 2.44 bits per heavy atom. The van der Waals surface area contributed by atoms with Crippen LogP contribution in [-0.2, 0) is 14.8 Å². The molecule has 1 aliphatic heterocycles. The molecule has 0 bridgehead atoms. The van der Waals surface area contributed by atoms with Gasteiger partial charge in [0, 0.05) is 17.7 Å². The smallest absolute Gasteiger partial charge is 0.255 e. The number of pyridine rings is 1. The van der Waals surface area contributed by atoms with Crippen LogP contribution in [0.15, 0.2) is 47.0 Å². The highest BCUT2D eigenvalue weighted by atomic mass is 32.2. The lowest BCUT2D eigenvalue weighted by Crippen LogP contribution is -2.17. The van der Waals surface area contributed by atoms with Crippen LogP contribution in [0.4, 0.5) is 4.39 Å². The second kappa shape index (κ2) is 7.01. The summed E-state index contributed by atoms with van der Waals surface area (Å²) in [5, 5.41) is -0.561. The predicted molar refractivity (Wildman–Crippen MR) is 94.7 cm³/mol. The first kappa shape index (κ1) is 17.7. The number of halogens is 1. The number of ether oxygens (including phenoxy) is 1. The summed E-state index contributed by atoms with van der Waals surface area (Å²) in [5.74, 6) is -0.690. The van der Waals surface area contributed by atoms with E-state index in [1.807, 2.05) is 24.3 Å². The van der Waals surface area contributed by atoms with Gasteiger partial charge < -0.3 is 4.74 Å². The molecule has 3 rings (SSSR count). The summed E-state index contributed by atoms with van der Waals surface area (Å²) in [7, 11) is -3.51. The van der Waals surface area contributed by atoms with Crippen LogP contribution >= 0.6 is 0 Å². The Balaban J connectivity index is 1.86. The number of benzene rings is 1. The Bertz CT molecular complexity index is 876. The van der Waals surface area contributed by atoms with Crippen LogP contribution in [0.25, 0.3) is 11.1 Å². The Morgan fingerprint density at radius 2 is 1.84 bits per heavy atom. The summed E-state index contributed by atoms with van der Waals surface area (Å²) in [6, 6.07) is 10.6. The lowest BCUT2D eigenvalue weighted by Gasteiger charge is -2.12. The zero-order chi connectivity index (χ0) is 18.0. The molecule has 1 aromatic heterocycles. The normalized spacial score (nSPS) is 19.7. The van der Waals surface area contributed by atoms with E-state index in [9.17, 15) is 12.8 Å². The van der Waals surface area contributed by atoms with Crippen LogP contribution in [0.1, 0.15) is 25.3 Å². The molecule has 2 heterocycles. The molecule has 0 unspecified atom stereocenters. The Hall–Kier alpha value is -2.12. The number of rotatable bonds is 4. The third kappa shape index (κ3) is 3.93. The summed E-state index contributed by atoms with van der Waals surface area (Å²) >= 11 is 0. The van der Waals surface area contributed by atoms with Gasteiger partial charge in [0.1, 0.15) is 0 Å². The maximum absolute atomic E-state index is 12.9. The van der Waals surface area contributed by atoms with E-state index in [1.165, 1.54) is 12.3 Å². The van der Waals surface area contributed by atoms with Crippen molar-refractivity contribution < 1.29 is 17.5 Å². The lowest BCUT2D eigenvalue weighted by molar-refractivity contribution is 0.201. The minimum Gasteiger partial charge on any atom is -0.374 e. The Kier molecular flexibility index (Phi) is 4.96. The maximum Gasteiger partial charge on any atom is 0.255 e. The largest absolute Gasteiger partial charge is 0.374 e. The minimum atomic E-state index is -3.51. The Morgan fingerprint density at radius 1 is 1.16 bits per heavy atom. The van der Waals surface area contributed by atoms with E-state index >= 15 is 0 Å². The molecule has 0 radical (unpaired) electrons. The van der Waals surface area contributed by atoms with Crippen molar-refractivity contribution in [2.24, 2.45) is 4.40 Å². The van der Waals surface area contributed by atoms with E-state index in [4.69, 9.17) is 4.74 Å². The number of nitrogens with zero attached hydrogens (tertiary/aromatic N) is 2. The van der Waals surface area contributed by atoms with E-state index in [-0.39, 0.29) is 12.5 Å². The summed E-state index contributed by atoms with van der Waals surface area (Å²) in [6.45, 7) is 3.84. The van der Waals surface area contributed by atoms with Crippen LogP contribution in [0.5, 0.6) is 0 Å². The quantitative estimate of drug-likeness (QED) is 0.784. The van der Waals surface area contributed by atoms with Crippen molar-refractivity contribution in [3.8, 4) is 11.1 Å². The molecule has 1 atom stereocenters. The summed E-state index contributed by atoms with van der Waals surface area (Å²) in [6.07, 6.45) is 1.48. The SMILES string of the molecule is CC(C)S(=O)(=O)/N=C1\COC[C@@H]1c1ccc(-c2ccc(F)nc2)cc1. The third-order valence-electron chi connectivity index (χ3n) is 4.15. The molecule has 0 saturated carbocycles. The second-order valence-corrected chi connectivity index (χ2v) is 8.36. The van der Waals surface area contributed by atoms with Gasteiger partial charge in [-0.05, 0) is 37.1 Å². The molecule has 1 aliphatic rings. The molecular formula is C18H19FN2O3S. The van der Waals surface area contributed by atoms with Crippen molar-refractivity contribution in [2.75, 3.05) is 13.2 Å². The van der Waals surface area contributed by atoms with Crippen molar-refractivity contribution in [2.45, 2.75) is 25.0 Å². The van der Waals surface area contributed by atoms with Gasteiger partial charge in [-0.15, -0.1) is 0 Å². The topological polar surface area (TPSA) is 68.6 Å². The van der Waals surface area contributed by atoms with E-state index < -0.39 is 21.2 Å². The highest BCUT2D eigenvalue weighted by molar-refractivity contribution is 7.90. The predicted octanol–water partition coefficient (Wildman–Crippen LogP) is 3.18. The zero-order valence-corrected chi connectivity index (χ0v) is 14.8. The summed E-state index contributed by atoms with van der Waals surface area (Å²) < 4.78 is 46.4. The molecule has 0 amide bonds. The summed E-state index contributed by atoms with van der Waals surface area (Å²) in [4.78, 5) is 3.65. The molecule has 1 saturated heterocycles. The highest BCUT2D eigenvalue weighted by Gasteiger charge is 2.28. The standard InChI is InChI=1S/C18H19FN2O3S/c1-12(2)25(22,23)21-17-11-24-10-16(17)14-5-3-13(4-6-14)15-7-8-18(19)20-9-15/h3-9,12,16H,10-11H2,1-2H3/b21-17+/t16-/m1/s1. The van der Waals surface area contributed by atoms with Crippen molar-refractivity contribution in [1.82, 2.24) is 4.98 Å². The highest BCUT2D eigenvalue weighted by Crippen LogP contribution is 2.27. The van der Waals surface area contributed by atoms with Crippen LogP contribution < -0.4 is 0 Å². The molecule has 1 fully saturated rings. The van der Waals surface area contributed by atoms with Gasteiger partial charge in [0.2, 0.25) is 5.95 Å². The van der Waals surface area contributed by atoms with Gasteiger partial charge in [0.05, 0.1) is 24.2 Å². The van der Waals surface area contributed by atoms with Gasteiger partial charge in [0.25, 0.3) is 10.0 Å². The van der Waals surface area contributed by atoms with Gasteiger partial charge in [-0.25, -0.2) is 13.4 Å². The molecule has 2 aromatic rings. The van der Waals surface area contributed by atoms with Crippen LogP contribution in [0, 0.1) is 5.95 Å². The molecule has 25 heavy (non-hydrogen) atoms. The van der Waals surface area contributed by atoms with Gasteiger partial charge in [-0.2, -0.15) is 8.79 Å². The molecule has 5 nitrogen and oxygen atoms in total. The van der Waals surface area contributed by atoms with Crippen molar-refractivity contribution in [3.63, 3.8) is 0 Å². The average Bonchev–Trinajstić information content (AvgIpc) is 3.03. The number of aromatic nitrogens is 1. The molecular weight excluding hydrogens is 343 g/mol. The van der Waals surface area contributed by atoms with Crippen molar-refractivity contribution >= 4 is 15.7 Å². The molecule has 0 N–H and O–H groups in total. The van der Waals surface area contributed by atoms with E-state index in [1.54, 1.807) is 19.9 Å². The molecule has 0 spiro atoms. The Labute approximate surface area is 146 Å². The van der Waals surface area contributed by atoms with E-state index in [2.05, 4.69) is 9.38 Å². The second-order valence-electron chi connectivity index (χ2n) is 6.21. The molecule has 1 aromatic carbocycles. The van der Waals surface area contributed by atoms with E-state index in [0.29, 0.717) is 12.3 Å². The third-order valence-corrected chi connectivity index (χ3v) is 5.83. The fourth-order valence-corrected chi connectivity index (χ4v) is 3.30.